The van der Waals surface area contributed by atoms with Gasteiger partial charge in [0, 0.05) is 20.3 Å². The first-order valence-electron chi connectivity index (χ1n) is 18.4. The third-order valence-electron chi connectivity index (χ3n) is 9.18. The van der Waals surface area contributed by atoms with Gasteiger partial charge in [-0.05, 0) is 45.4 Å². The van der Waals surface area contributed by atoms with E-state index in [1.807, 2.05) is 6.92 Å². The Morgan fingerprint density at radius 1 is 0.627 bits per heavy atom. The second kappa shape index (κ2) is 24.2. The number of hydrogen-bond donors (Lipinski definition) is 6. The summed E-state index contributed by atoms with van der Waals surface area (Å²) in [6, 6.07) is 0. The van der Waals surface area contributed by atoms with Gasteiger partial charge in [0.25, 0.3) is 0 Å². The van der Waals surface area contributed by atoms with Crippen LogP contribution in [0.2, 0.25) is 0 Å². The zero-order valence-corrected chi connectivity index (χ0v) is 30.4. The van der Waals surface area contributed by atoms with E-state index >= 15 is 0 Å². The number of aliphatic hydroxyl groups excluding tert-OH is 5. The van der Waals surface area contributed by atoms with Crippen LogP contribution in [0.25, 0.3) is 0 Å². The van der Waals surface area contributed by atoms with Crippen molar-refractivity contribution in [3.63, 3.8) is 0 Å². The lowest BCUT2D eigenvalue weighted by atomic mass is 9.97. The van der Waals surface area contributed by atoms with E-state index in [-0.39, 0.29) is 13.0 Å². The molecule has 15 heteroatoms. The number of esters is 2. The van der Waals surface area contributed by atoms with Crippen molar-refractivity contribution in [2.24, 2.45) is 0 Å². The number of carbonyl (C=O) groups excluding carboxylic acids is 2. The first-order valence-corrected chi connectivity index (χ1v) is 18.4. The maximum absolute atomic E-state index is 11.4. The maximum atomic E-state index is 11.4. The van der Waals surface area contributed by atoms with E-state index in [4.69, 9.17) is 33.5 Å². The fourth-order valence-corrected chi connectivity index (χ4v) is 6.14. The molecule has 0 spiro atoms. The Morgan fingerprint density at radius 3 is 1.59 bits per heavy atom. The second-order valence-corrected chi connectivity index (χ2v) is 13.8. The van der Waals surface area contributed by atoms with Crippen LogP contribution in [0, 0.1) is 0 Å². The number of unbranched alkanes of at least 4 members (excludes halogenated alkanes) is 9. The van der Waals surface area contributed by atoms with Crippen molar-refractivity contribution in [3.8, 4) is 0 Å². The average molecular weight is 735 g/mol. The zero-order chi connectivity index (χ0) is 37.9. The second-order valence-electron chi connectivity index (χ2n) is 13.8. The predicted molar refractivity (Wildman–Crippen MR) is 182 cm³/mol. The molecule has 0 aliphatic carbocycles. The number of rotatable bonds is 25. The number of allylic oxidation sites excluding steroid dienone is 1. The van der Waals surface area contributed by atoms with Crippen molar-refractivity contribution in [1.82, 2.24) is 0 Å². The number of hydrogen-bond acceptors (Lipinski definition) is 14. The van der Waals surface area contributed by atoms with Crippen molar-refractivity contribution in [2.45, 2.75) is 185 Å². The van der Waals surface area contributed by atoms with Crippen LogP contribution in [-0.2, 0) is 42.8 Å². The highest BCUT2D eigenvalue weighted by atomic mass is 16.8. The summed E-state index contributed by atoms with van der Waals surface area (Å²) in [5.74, 6) is -2.00. The molecule has 6 N–H and O–H groups in total. The van der Waals surface area contributed by atoms with Gasteiger partial charge in [0.05, 0.1) is 6.10 Å². The molecule has 0 amide bonds. The lowest BCUT2D eigenvalue weighted by Gasteiger charge is -2.46. The third kappa shape index (κ3) is 17.0. The molecule has 2 fully saturated rings. The highest BCUT2D eigenvalue weighted by molar-refractivity contribution is 5.66. The van der Waals surface area contributed by atoms with Crippen LogP contribution in [-0.4, -0.2) is 129 Å². The minimum absolute atomic E-state index is 0.252. The predicted octanol–water partition coefficient (Wildman–Crippen LogP) is 2.65. The Kier molecular flexibility index (Phi) is 21.3. The zero-order valence-electron chi connectivity index (χ0n) is 30.4. The summed E-state index contributed by atoms with van der Waals surface area (Å²) in [5, 5.41) is 61.9. The molecule has 2 aliphatic rings. The molecule has 0 aromatic rings. The molecule has 2 heterocycles. The van der Waals surface area contributed by atoms with Gasteiger partial charge < -0.3 is 59.1 Å². The van der Waals surface area contributed by atoms with E-state index in [2.05, 4.69) is 6.58 Å². The largest absolute Gasteiger partial charge is 0.481 e. The van der Waals surface area contributed by atoms with Gasteiger partial charge in [-0.1, -0.05) is 63.5 Å². The standard InChI is InChI=1S/C36H62O15/c1-22(16-12-8-6-5-7-9-15-19-28(39)40)17-13-10-11-14-18-23(2)48-36-34(32(44)30(42)27(50-36)21-47-25(4)38)51-35-33(45)31(43)29(41)26(49-35)20-46-24(3)37/h23,26-27,29-36,41-45H,1,5-21H2,2-4H3,(H,39,40)/t23?,26?,27?,29-,30-,31+,32+,33?,34?,35+,36-/m1/s1. The minimum atomic E-state index is -1.78. The summed E-state index contributed by atoms with van der Waals surface area (Å²) in [4.78, 5) is 33.3. The van der Waals surface area contributed by atoms with Gasteiger partial charge in [0.15, 0.2) is 12.6 Å². The van der Waals surface area contributed by atoms with Gasteiger partial charge in [0.2, 0.25) is 0 Å². The van der Waals surface area contributed by atoms with Gasteiger partial charge >= 0.3 is 17.9 Å². The number of ether oxygens (including phenoxy) is 6. The minimum Gasteiger partial charge on any atom is -0.481 e. The lowest BCUT2D eigenvalue weighted by molar-refractivity contribution is -0.371. The molecule has 11 atom stereocenters. The highest BCUT2D eigenvalue weighted by Crippen LogP contribution is 2.31. The lowest BCUT2D eigenvalue weighted by Crippen LogP contribution is -2.65. The molecule has 0 aromatic carbocycles. The van der Waals surface area contributed by atoms with E-state index in [0.29, 0.717) is 6.42 Å². The van der Waals surface area contributed by atoms with Crippen molar-refractivity contribution >= 4 is 17.9 Å². The summed E-state index contributed by atoms with van der Waals surface area (Å²) < 4.78 is 33.3. The van der Waals surface area contributed by atoms with Crippen LogP contribution in [0.1, 0.15) is 117 Å². The first kappa shape index (κ1) is 44.9. The van der Waals surface area contributed by atoms with Gasteiger partial charge in [-0.3, -0.25) is 14.4 Å². The van der Waals surface area contributed by atoms with Crippen LogP contribution < -0.4 is 0 Å². The van der Waals surface area contributed by atoms with Crippen LogP contribution in [0.3, 0.4) is 0 Å². The summed E-state index contributed by atoms with van der Waals surface area (Å²) in [7, 11) is 0. The summed E-state index contributed by atoms with van der Waals surface area (Å²) in [5.41, 5.74) is 1.25. The van der Waals surface area contributed by atoms with Crippen molar-refractivity contribution < 1.29 is 73.4 Å². The molecule has 15 nitrogen and oxygen atoms in total. The Bertz CT molecular complexity index is 1040. The quantitative estimate of drug-likeness (QED) is 0.0450. The van der Waals surface area contributed by atoms with E-state index in [0.717, 1.165) is 90.4 Å². The van der Waals surface area contributed by atoms with Crippen LogP contribution >= 0.6 is 0 Å². The Balaban J connectivity index is 1.82. The van der Waals surface area contributed by atoms with Gasteiger partial charge in [-0.25, -0.2) is 0 Å². The molecule has 0 bridgehead atoms. The topological polar surface area (TPSA) is 228 Å². The monoisotopic (exact) mass is 734 g/mol. The van der Waals surface area contributed by atoms with Gasteiger partial charge in [0.1, 0.15) is 62.0 Å². The Hall–Kier alpha value is -2.21. The fraction of sp³-hybridized carbons (Fsp3) is 0.861. The third-order valence-corrected chi connectivity index (χ3v) is 9.18. The molecule has 51 heavy (non-hydrogen) atoms. The molecule has 5 unspecified atom stereocenters. The van der Waals surface area contributed by atoms with Crippen LogP contribution in [0.4, 0.5) is 0 Å². The smallest absolute Gasteiger partial charge is 0.303 e. The first-order chi connectivity index (χ1) is 24.2. The fourth-order valence-electron chi connectivity index (χ4n) is 6.14. The van der Waals surface area contributed by atoms with E-state index in [9.17, 15) is 39.9 Å². The molecular formula is C36H62O15. The van der Waals surface area contributed by atoms with E-state index in [1.165, 1.54) is 12.5 Å². The number of aliphatic carboxylic acids is 1. The molecule has 2 rings (SSSR count). The number of carboxylic acid groups (broad SMARTS) is 1. The van der Waals surface area contributed by atoms with Crippen molar-refractivity contribution in [3.05, 3.63) is 12.2 Å². The average Bonchev–Trinajstić information content (AvgIpc) is 3.07. The molecular weight excluding hydrogens is 672 g/mol. The summed E-state index contributed by atoms with van der Waals surface area (Å²) >= 11 is 0. The number of aliphatic hydroxyl groups is 5. The Labute approximate surface area is 301 Å². The van der Waals surface area contributed by atoms with Crippen molar-refractivity contribution in [1.29, 1.82) is 0 Å². The maximum Gasteiger partial charge on any atom is 0.303 e. The van der Waals surface area contributed by atoms with Crippen LogP contribution in [0.5, 0.6) is 0 Å². The summed E-state index contributed by atoms with van der Waals surface area (Å²) in [6.07, 6.45) is -1.51. The molecule has 2 aliphatic heterocycles. The van der Waals surface area contributed by atoms with E-state index in [1.54, 1.807) is 0 Å². The molecule has 0 saturated carbocycles. The normalized spacial score (nSPS) is 30.0. The van der Waals surface area contributed by atoms with Crippen LogP contribution in [0.15, 0.2) is 12.2 Å². The molecule has 2 saturated heterocycles. The van der Waals surface area contributed by atoms with Gasteiger partial charge in [-0.2, -0.15) is 0 Å². The summed E-state index contributed by atoms with van der Waals surface area (Å²) in [6.45, 7) is 7.58. The van der Waals surface area contributed by atoms with Gasteiger partial charge in [-0.15, -0.1) is 0 Å². The molecule has 296 valence electrons. The number of carbonyl (C=O) groups is 3. The SMILES string of the molecule is C=C(CCCCCCCCCC(=O)O)CCCCCCC(C)O[C@@H]1OC(COC(C)=O)[C@@H](O)[C@H](O)C1O[C@@H]1OC(COC(C)=O)[C@@H](O)[C@H](O)C1O. The Morgan fingerprint density at radius 2 is 1.08 bits per heavy atom. The molecule has 0 aromatic heterocycles. The number of carboxylic acids is 1. The molecule has 0 radical (unpaired) electrons. The highest BCUT2D eigenvalue weighted by Gasteiger charge is 2.51. The van der Waals surface area contributed by atoms with Crippen molar-refractivity contribution in [2.75, 3.05) is 13.2 Å². The van der Waals surface area contributed by atoms with E-state index < -0.39 is 92.0 Å².